The Kier molecular flexibility index (Phi) is 29.5. The molecule has 0 saturated carbocycles. The Morgan fingerprint density at radius 1 is 0.492 bits per heavy atom. The van der Waals surface area contributed by atoms with Crippen LogP contribution < -0.4 is 10.1 Å². The Hall–Kier alpha value is -2.62. The van der Waals surface area contributed by atoms with Gasteiger partial charge in [0.1, 0.15) is 12.0 Å². The smallest absolute Gasteiger partial charge is 0.221 e. The SMILES string of the molecule is CC(C)CCC[C@@H](C)CCC[C@@H](C)CCCC(C)CCOc1ccc(C(NC(=O)CCC=O)c2ccc(CCC(C)CCC[C@H](C)CCC[C@H](C)CCCC(C)C)cc2)cc1. The van der Waals surface area contributed by atoms with Crippen LogP contribution in [0.4, 0.5) is 0 Å². The number of rotatable bonds is 37. The molecule has 0 aliphatic rings. The summed E-state index contributed by atoms with van der Waals surface area (Å²) in [5, 5.41) is 3.21. The molecule has 0 spiro atoms. The molecule has 4 nitrogen and oxygen atoms in total. The summed E-state index contributed by atoms with van der Waals surface area (Å²) in [4.78, 5) is 23.9. The van der Waals surface area contributed by atoms with E-state index in [4.69, 9.17) is 4.74 Å². The van der Waals surface area contributed by atoms with Crippen LogP contribution in [0.15, 0.2) is 48.5 Å². The monoisotopic (exact) mass is 844 g/mol. The molecule has 0 aliphatic carbocycles. The zero-order valence-electron chi connectivity index (χ0n) is 41.6. The van der Waals surface area contributed by atoms with Crippen LogP contribution in [0.2, 0.25) is 0 Å². The Balaban J connectivity index is 1.76. The van der Waals surface area contributed by atoms with Crippen LogP contribution in [0.5, 0.6) is 5.75 Å². The molecule has 7 atom stereocenters. The third-order valence-corrected chi connectivity index (χ3v) is 13.7. The fourth-order valence-electron chi connectivity index (χ4n) is 9.08. The Morgan fingerprint density at radius 2 is 0.852 bits per heavy atom. The summed E-state index contributed by atoms with van der Waals surface area (Å²) < 4.78 is 6.21. The van der Waals surface area contributed by atoms with Crippen molar-refractivity contribution >= 4 is 12.2 Å². The molecule has 0 fully saturated rings. The first-order chi connectivity index (χ1) is 29.2. The minimum atomic E-state index is -0.281. The zero-order valence-corrected chi connectivity index (χ0v) is 41.6. The van der Waals surface area contributed by atoms with E-state index in [1.807, 2.05) is 12.1 Å². The number of carbonyl (C=O) groups excluding carboxylic acids is 2. The lowest BCUT2D eigenvalue weighted by atomic mass is 9.90. The number of aryl methyl sites for hydroxylation is 1. The van der Waals surface area contributed by atoms with Gasteiger partial charge >= 0.3 is 0 Å². The second kappa shape index (κ2) is 33.0. The van der Waals surface area contributed by atoms with Gasteiger partial charge in [0.25, 0.3) is 0 Å². The minimum Gasteiger partial charge on any atom is -0.494 e. The van der Waals surface area contributed by atoms with Crippen molar-refractivity contribution in [2.75, 3.05) is 6.61 Å². The molecule has 0 bridgehead atoms. The van der Waals surface area contributed by atoms with E-state index < -0.39 is 0 Å². The first kappa shape index (κ1) is 54.5. The molecule has 61 heavy (non-hydrogen) atoms. The second-order valence-electron chi connectivity index (χ2n) is 21.2. The van der Waals surface area contributed by atoms with Gasteiger partial charge in [-0.05, 0) is 95.4 Å². The van der Waals surface area contributed by atoms with Gasteiger partial charge in [0.2, 0.25) is 5.91 Å². The molecular formula is C57H97NO3. The van der Waals surface area contributed by atoms with Gasteiger partial charge in [-0.1, -0.05) is 221 Å². The molecule has 0 heterocycles. The van der Waals surface area contributed by atoms with Crippen molar-refractivity contribution in [3.8, 4) is 5.75 Å². The molecule has 1 N–H and O–H groups in total. The third-order valence-electron chi connectivity index (χ3n) is 13.7. The van der Waals surface area contributed by atoms with E-state index in [0.29, 0.717) is 18.4 Å². The maximum Gasteiger partial charge on any atom is 0.221 e. The van der Waals surface area contributed by atoms with Gasteiger partial charge in [-0.2, -0.15) is 0 Å². The number of benzene rings is 2. The molecule has 2 aromatic carbocycles. The maximum absolute atomic E-state index is 12.9. The summed E-state index contributed by atoms with van der Waals surface area (Å²) in [7, 11) is 0. The van der Waals surface area contributed by atoms with Gasteiger partial charge in [0, 0.05) is 12.8 Å². The van der Waals surface area contributed by atoms with E-state index in [2.05, 4.69) is 111 Å². The van der Waals surface area contributed by atoms with E-state index in [1.165, 1.54) is 128 Å². The summed E-state index contributed by atoms with van der Waals surface area (Å²) >= 11 is 0. The topological polar surface area (TPSA) is 55.4 Å². The molecule has 3 unspecified atom stereocenters. The number of amides is 1. The highest BCUT2D eigenvalue weighted by atomic mass is 16.5. The van der Waals surface area contributed by atoms with Crippen LogP contribution >= 0.6 is 0 Å². The third kappa shape index (κ3) is 27.2. The summed E-state index contributed by atoms with van der Waals surface area (Å²) in [6.45, 7) is 24.6. The van der Waals surface area contributed by atoms with E-state index in [9.17, 15) is 9.59 Å². The Morgan fingerprint density at radius 3 is 1.25 bits per heavy atom. The fourth-order valence-corrected chi connectivity index (χ4v) is 9.08. The zero-order chi connectivity index (χ0) is 44.8. The fraction of sp³-hybridized carbons (Fsp3) is 0.754. The van der Waals surface area contributed by atoms with Crippen molar-refractivity contribution in [1.82, 2.24) is 5.32 Å². The predicted molar refractivity (Wildman–Crippen MR) is 264 cm³/mol. The molecule has 4 heteroatoms. The number of hydrogen-bond donors (Lipinski definition) is 1. The largest absolute Gasteiger partial charge is 0.494 e. The average Bonchev–Trinajstić information content (AvgIpc) is 3.21. The van der Waals surface area contributed by atoms with Crippen LogP contribution in [-0.4, -0.2) is 18.8 Å². The average molecular weight is 844 g/mol. The molecule has 1 amide bonds. The van der Waals surface area contributed by atoms with Crippen LogP contribution in [0.1, 0.15) is 233 Å². The number of ether oxygens (including phenoxy) is 1. The van der Waals surface area contributed by atoms with E-state index in [0.717, 1.165) is 71.5 Å². The summed E-state index contributed by atoms with van der Waals surface area (Å²) in [5.74, 6) is 7.19. The standard InChI is InChI=1S/C57H97NO3/c1-44(2)18-11-20-46(5)22-13-24-48(7)26-15-28-50(9)31-32-52-33-35-53(36-34-52)57(58-56(60)30-17-42-59)54-37-39-55(40-38-54)61-43-41-51(10)29-16-27-49(8)25-14-23-47(6)21-12-19-45(3)4/h33-40,42,44-51,57H,11-32,41,43H2,1-10H3,(H,58,60)/t46-,47-,48-,49-,50?,51?,57?/m1/s1. The Bertz CT molecular complexity index is 1370. The number of hydrogen-bond acceptors (Lipinski definition) is 3. The Labute approximate surface area is 378 Å². The van der Waals surface area contributed by atoms with Crippen molar-refractivity contribution in [1.29, 1.82) is 0 Å². The van der Waals surface area contributed by atoms with E-state index in [1.54, 1.807) is 0 Å². The highest BCUT2D eigenvalue weighted by Gasteiger charge is 2.18. The van der Waals surface area contributed by atoms with Gasteiger partial charge in [-0.3, -0.25) is 4.79 Å². The number of carbonyl (C=O) groups is 2. The van der Waals surface area contributed by atoms with Crippen LogP contribution in [0.3, 0.4) is 0 Å². The molecular weight excluding hydrogens is 747 g/mol. The lowest BCUT2D eigenvalue weighted by Crippen LogP contribution is -2.29. The van der Waals surface area contributed by atoms with E-state index in [-0.39, 0.29) is 24.8 Å². The van der Waals surface area contributed by atoms with Crippen molar-refractivity contribution in [2.24, 2.45) is 47.3 Å². The van der Waals surface area contributed by atoms with Crippen LogP contribution in [0, 0.1) is 47.3 Å². The van der Waals surface area contributed by atoms with Crippen molar-refractivity contribution in [2.45, 2.75) is 223 Å². The lowest BCUT2D eigenvalue weighted by Gasteiger charge is -2.21. The summed E-state index contributed by atoms with van der Waals surface area (Å²) in [6.07, 6.45) is 29.1. The van der Waals surface area contributed by atoms with Gasteiger partial charge in [0.05, 0.1) is 12.6 Å². The highest BCUT2D eigenvalue weighted by Crippen LogP contribution is 2.28. The molecule has 2 aromatic rings. The summed E-state index contributed by atoms with van der Waals surface area (Å²) in [5.41, 5.74) is 3.42. The molecule has 0 aromatic heterocycles. The second-order valence-corrected chi connectivity index (χ2v) is 21.2. The lowest BCUT2D eigenvalue weighted by molar-refractivity contribution is -0.123. The van der Waals surface area contributed by atoms with Crippen molar-refractivity contribution < 1.29 is 14.3 Å². The maximum atomic E-state index is 12.9. The molecule has 0 radical (unpaired) electrons. The molecule has 2 rings (SSSR count). The summed E-state index contributed by atoms with van der Waals surface area (Å²) in [6, 6.07) is 16.7. The van der Waals surface area contributed by atoms with Gasteiger partial charge in [0.15, 0.2) is 0 Å². The van der Waals surface area contributed by atoms with Crippen LogP contribution in [0.25, 0.3) is 0 Å². The molecule has 0 saturated heterocycles. The van der Waals surface area contributed by atoms with Gasteiger partial charge < -0.3 is 14.8 Å². The predicted octanol–water partition coefficient (Wildman–Crippen LogP) is 16.7. The van der Waals surface area contributed by atoms with Crippen LogP contribution in [-0.2, 0) is 16.0 Å². The first-order valence-electron chi connectivity index (χ1n) is 25.8. The van der Waals surface area contributed by atoms with Gasteiger partial charge in [-0.15, -0.1) is 0 Å². The molecule has 0 aliphatic heterocycles. The van der Waals surface area contributed by atoms with E-state index >= 15 is 0 Å². The number of nitrogens with one attached hydrogen (secondary N) is 1. The quantitative estimate of drug-likeness (QED) is 0.0690. The minimum absolute atomic E-state index is 0.109. The number of aldehydes is 1. The highest BCUT2D eigenvalue weighted by molar-refractivity contribution is 5.79. The molecule has 348 valence electrons. The normalized spacial score (nSPS) is 15.3. The first-order valence-corrected chi connectivity index (χ1v) is 25.8. The van der Waals surface area contributed by atoms with Crippen molar-refractivity contribution in [3.05, 3.63) is 65.2 Å². The van der Waals surface area contributed by atoms with Gasteiger partial charge in [-0.25, -0.2) is 0 Å². The van der Waals surface area contributed by atoms with Crippen molar-refractivity contribution in [3.63, 3.8) is 0 Å².